The van der Waals surface area contributed by atoms with Gasteiger partial charge in [0.25, 0.3) is 0 Å². The molecule has 1 saturated heterocycles. The topological polar surface area (TPSA) is 42.3 Å². The molecule has 20 heavy (non-hydrogen) atoms. The van der Waals surface area contributed by atoms with Gasteiger partial charge in [0.15, 0.2) is 0 Å². The van der Waals surface area contributed by atoms with Crippen LogP contribution in [0.1, 0.15) is 25.2 Å². The lowest BCUT2D eigenvalue weighted by Gasteiger charge is -2.32. The molecule has 6 heteroatoms. The maximum atomic E-state index is 6.33. The van der Waals surface area contributed by atoms with Gasteiger partial charge in [0.2, 0.25) is 0 Å². The van der Waals surface area contributed by atoms with Gasteiger partial charge in [-0.1, -0.05) is 25.4 Å². The van der Waals surface area contributed by atoms with E-state index in [2.05, 4.69) is 29.2 Å². The van der Waals surface area contributed by atoms with Gasteiger partial charge in [0.05, 0.1) is 29.1 Å². The zero-order valence-corrected chi connectivity index (χ0v) is 13.4. The quantitative estimate of drug-likeness (QED) is 0.863. The van der Waals surface area contributed by atoms with Crippen LogP contribution in [0, 0.1) is 0 Å². The molecule has 0 saturated carbocycles. The molecule has 1 aromatic rings. The molecule has 2 rings (SSSR count). The fraction of sp³-hybridized carbons (Fsp3) is 0.786. The Morgan fingerprint density at radius 3 is 2.90 bits per heavy atom. The summed E-state index contributed by atoms with van der Waals surface area (Å²) in [7, 11) is 1.94. The monoisotopic (exact) mass is 300 g/mol. The summed E-state index contributed by atoms with van der Waals surface area (Å²) in [6.45, 7) is 9.80. The van der Waals surface area contributed by atoms with Crippen molar-refractivity contribution in [3.63, 3.8) is 0 Å². The van der Waals surface area contributed by atoms with Crippen LogP contribution in [0.15, 0.2) is 0 Å². The van der Waals surface area contributed by atoms with E-state index in [1.165, 1.54) is 0 Å². The van der Waals surface area contributed by atoms with Gasteiger partial charge in [0, 0.05) is 33.2 Å². The Morgan fingerprint density at radius 2 is 2.25 bits per heavy atom. The first-order valence-electron chi connectivity index (χ1n) is 7.40. The lowest BCUT2D eigenvalue weighted by atomic mass is 10.2. The molecule has 0 amide bonds. The second kappa shape index (κ2) is 7.41. The molecule has 0 spiro atoms. The third kappa shape index (κ3) is 3.73. The van der Waals surface area contributed by atoms with Crippen LogP contribution in [-0.4, -0.2) is 53.6 Å². The van der Waals surface area contributed by atoms with Crippen LogP contribution in [-0.2, 0) is 24.8 Å². The van der Waals surface area contributed by atoms with E-state index in [0.29, 0.717) is 0 Å². The number of halogens is 1. The first-order chi connectivity index (χ1) is 9.65. The van der Waals surface area contributed by atoms with Crippen LogP contribution < -0.4 is 5.32 Å². The number of likely N-dealkylation sites (N-methyl/N-ethyl adjacent to an activating group) is 1. The van der Waals surface area contributed by atoms with Crippen molar-refractivity contribution < 1.29 is 4.74 Å². The number of morpholine rings is 1. The molecule has 0 bridgehead atoms. The van der Waals surface area contributed by atoms with Crippen LogP contribution >= 0.6 is 11.6 Å². The molecule has 1 atom stereocenters. The zero-order valence-electron chi connectivity index (χ0n) is 12.7. The summed E-state index contributed by atoms with van der Waals surface area (Å²) >= 11 is 6.33. The number of hydrogen-bond acceptors (Lipinski definition) is 4. The Morgan fingerprint density at radius 1 is 1.45 bits per heavy atom. The zero-order chi connectivity index (χ0) is 14.5. The first-order valence-corrected chi connectivity index (χ1v) is 7.78. The predicted molar refractivity (Wildman–Crippen MR) is 81.2 cm³/mol. The van der Waals surface area contributed by atoms with E-state index in [-0.39, 0.29) is 6.10 Å². The third-order valence-corrected chi connectivity index (χ3v) is 4.27. The van der Waals surface area contributed by atoms with Gasteiger partial charge in [0.1, 0.15) is 0 Å². The van der Waals surface area contributed by atoms with E-state index in [1.54, 1.807) is 0 Å². The molecule has 1 fully saturated rings. The molecule has 0 aromatic carbocycles. The molecule has 1 unspecified atom stereocenters. The molecular weight excluding hydrogens is 276 g/mol. The molecule has 114 valence electrons. The highest BCUT2D eigenvalue weighted by atomic mass is 35.5. The minimum Gasteiger partial charge on any atom is -0.374 e. The van der Waals surface area contributed by atoms with E-state index in [9.17, 15) is 0 Å². The fourth-order valence-corrected chi connectivity index (χ4v) is 2.92. The minimum absolute atomic E-state index is 0.265. The number of nitrogens with one attached hydrogen (secondary N) is 1. The van der Waals surface area contributed by atoms with Crippen LogP contribution in [0.5, 0.6) is 0 Å². The van der Waals surface area contributed by atoms with Gasteiger partial charge >= 0.3 is 0 Å². The lowest BCUT2D eigenvalue weighted by molar-refractivity contribution is -0.0254. The van der Waals surface area contributed by atoms with Crippen molar-refractivity contribution in [1.29, 1.82) is 0 Å². The summed E-state index contributed by atoms with van der Waals surface area (Å²) in [5.41, 5.74) is 2.02. The lowest BCUT2D eigenvalue weighted by Crippen LogP contribution is -2.46. The summed E-state index contributed by atoms with van der Waals surface area (Å²) < 4.78 is 7.64. The summed E-state index contributed by atoms with van der Waals surface area (Å²) in [5, 5.41) is 8.66. The molecule has 0 aliphatic carbocycles. The maximum Gasteiger partial charge on any atom is 0.0863 e. The summed E-state index contributed by atoms with van der Waals surface area (Å²) in [6, 6.07) is 0. The third-order valence-electron chi connectivity index (χ3n) is 3.84. The molecule has 1 aliphatic heterocycles. The van der Waals surface area contributed by atoms with Crippen LogP contribution in [0.3, 0.4) is 0 Å². The van der Waals surface area contributed by atoms with Crippen molar-refractivity contribution >= 4 is 11.6 Å². The smallest absolute Gasteiger partial charge is 0.0863 e. The van der Waals surface area contributed by atoms with Crippen molar-refractivity contribution in [3.8, 4) is 0 Å². The van der Waals surface area contributed by atoms with E-state index in [4.69, 9.17) is 16.3 Å². The Labute approximate surface area is 126 Å². The highest BCUT2D eigenvalue weighted by molar-refractivity contribution is 6.31. The fourth-order valence-electron chi connectivity index (χ4n) is 2.55. The van der Waals surface area contributed by atoms with Crippen molar-refractivity contribution in [2.24, 2.45) is 7.05 Å². The maximum absolute atomic E-state index is 6.33. The molecule has 5 nitrogen and oxygen atoms in total. The Balaban J connectivity index is 1.82. The van der Waals surface area contributed by atoms with Gasteiger partial charge in [-0.25, -0.2) is 0 Å². The van der Waals surface area contributed by atoms with Gasteiger partial charge < -0.3 is 10.1 Å². The van der Waals surface area contributed by atoms with E-state index in [1.807, 2.05) is 11.7 Å². The van der Waals surface area contributed by atoms with E-state index < -0.39 is 0 Å². The SMILES string of the molecule is CCc1nn(C)c(CNCC2CN(CC)CCO2)c1Cl. The number of ether oxygens (including phenoxy) is 1. The average molecular weight is 301 g/mol. The molecule has 2 heterocycles. The number of aryl methyl sites for hydroxylation is 2. The first kappa shape index (κ1) is 15.8. The van der Waals surface area contributed by atoms with Gasteiger partial charge in [-0.2, -0.15) is 5.10 Å². The predicted octanol–water partition coefficient (Wildman–Crippen LogP) is 1.45. The average Bonchev–Trinajstić information content (AvgIpc) is 2.74. The van der Waals surface area contributed by atoms with Crippen LogP contribution in [0.4, 0.5) is 0 Å². The van der Waals surface area contributed by atoms with Crippen molar-refractivity contribution in [2.75, 3.05) is 32.8 Å². The molecule has 1 N–H and O–H groups in total. The molecule has 1 aromatic heterocycles. The largest absolute Gasteiger partial charge is 0.374 e. The summed E-state index contributed by atoms with van der Waals surface area (Å²) in [4.78, 5) is 2.42. The molecule has 0 radical (unpaired) electrons. The van der Waals surface area contributed by atoms with Crippen LogP contribution in [0.2, 0.25) is 5.02 Å². The van der Waals surface area contributed by atoms with Gasteiger partial charge in [-0.15, -0.1) is 0 Å². The highest BCUT2D eigenvalue weighted by Gasteiger charge is 2.19. The van der Waals surface area contributed by atoms with Crippen molar-refractivity contribution in [2.45, 2.75) is 32.9 Å². The number of nitrogens with zero attached hydrogens (tertiary/aromatic N) is 3. The molecular formula is C14H25ClN4O. The highest BCUT2D eigenvalue weighted by Crippen LogP contribution is 2.20. The number of rotatable bonds is 6. The standard InChI is InChI=1S/C14H25ClN4O/c1-4-12-14(15)13(18(3)17-12)9-16-8-11-10-19(5-2)6-7-20-11/h11,16H,4-10H2,1-3H3. The Bertz CT molecular complexity index is 435. The number of aromatic nitrogens is 2. The summed E-state index contributed by atoms with van der Waals surface area (Å²) in [6.07, 6.45) is 1.13. The second-order valence-corrected chi connectivity index (χ2v) is 5.58. The normalized spacial score (nSPS) is 20.5. The number of hydrogen-bond donors (Lipinski definition) is 1. The second-order valence-electron chi connectivity index (χ2n) is 5.20. The minimum atomic E-state index is 0.265. The molecule has 1 aliphatic rings. The van der Waals surface area contributed by atoms with E-state index in [0.717, 1.165) is 62.2 Å². The Hall–Kier alpha value is -0.620. The van der Waals surface area contributed by atoms with Gasteiger partial charge in [-0.3, -0.25) is 9.58 Å². The van der Waals surface area contributed by atoms with Crippen molar-refractivity contribution in [1.82, 2.24) is 20.0 Å². The Kier molecular flexibility index (Phi) is 5.84. The van der Waals surface area contributed by atoms with Crippen molar-refractivity contribution in [3.05, 3.63) is 16.4 Å². The van der Waals surface area contributed by atoms with Gasteiger partial charge in [-0.05, 0) is 13.0 Å². The van der Waals surface area contributed by atoms with E-state index >= 15 is 0 Å². The summed E-state index contributed by atoms with van der Waals surface area (Å²) in [5.74, 6) is 0. The van der Waals surface area contributed by atoms with Crippen LogP contribution in [0.25, 0.3) is 0 Å².